The third-order valence-electron chi connectivity index (χ3n) is 4.79. The fraction of sp³-hybridized carbons (Fsp3) is 0.273. The number of rotatable bonds is 4. The Hall–Kier alpha value is -3.34. The van der Waals surface area contributed by atoms with Crippen LogP contribution in [0, 0.1) is 17.1 Å². The number of nitrogens with one attached hydrogen (secondary N) is 1. The molecule has 0 radical (unpaired) electrons. The standard InChI is InChI=1S/C22H19F4N3O/c23-19-12-15(7-8-20(19)29-9-2-1-3-10-29)11-16(14-27)21(30)28-18-6-4-5-17(13-18)22(24,25)26/h4-8,11-13H,1-3,9-10H2,(H,28,30)/b16-11-. The minimum Gasteiger partial charge on any atom is -0.369 e. The van der Waals surface area contributed by atoms with Crippen molar-refractivity contribution in [1.82, 2.24) is 0 Å². The molecule has 0 spiro atoms. The number of halogens is 4. The summed E-state index contributed by atoms with van der Waals surface area (Å²) in [6, 6.07) is 10.2. The molecule has 3 rings (SSSR count). The van der Waals surface area contributed by atoms with Crippen molar-refractivity contribution in [2.45, 2.75) is 25.4 Å². The Morgan fingerprint density at radius 1 is 1.10 bits per heavy atom. The zero-order chi connectivity index (χ0) is 21.7. The van der Waals surface area contributed by atoms with Crippen LogP contribution in [-0.4, -0.2) is 19.0 Å². The first-order chi connectivity index (χ1) is 14.3. The van der Waals surface area contributed by atoms with Crippen LogP contribution in [0.4, 0.5) is 28.9 Å². The molecule has 30 heavy (non-hydrogen) atoms. The van der Waals surface area contributed by atoms with E-state index < -0.39 is 23.5 Å². The van der Waals surface area contributed by atoms with E-state index in [-0.39, 0.29) is 11.3 Å². The summed E-state index contributed by atoms with van der Waals surface area (Å²) < 4.78 is 53.0. The average molecular weight is 417 g/mol. The van der Waals surface area contributed by atoms with Crippen LogP contribution in [0.25, 0.3) is 6.08 Å². The van der Waals surface area contributed by atoms with Crippen LogP contribution in [0.15, 0.2) is 48.0 Å². The van der Waals surface area contributed by atoms with Crippen molar-refractivity contribution in [1.29, 1.82) is 5.26 Å². The van der Waals surface area contributed by atoms with Gasteiger partial charge in [-0.1, -0.05) is 12.1 Å². The summed E-state index contributed by atoms with van der Waals surface area (Å²) in [5, 5.41) is 11.6. The van der Waals surface area contributed by atoms with Gasteiger partial charge in [0.05, 0.1) is 11.3 Å². The molecule has 1 heterocycles. The fourth-order valence-electron chi connectivity index (χ4n) is 3.29. The highest BCUT2D eigenvalue weighted by Crippen LogP contribution is 2.31. The molecule has 0 bridgehead atoms. The number of nitrogens with zero attached hydrogens (tertiary/aromatic N) is 2. The number of piperidine rings is 1. The summed E-state index contributed by atoms with van der Waals surface area (Å²) in [5.41, 5.74) is -0.582. The first kappa shape index (κ1) is 21.4. The summed E-state index contributed by atoms with van der Waals surface area (Å²) in [6.07, 6.45) is -0.246. The first-order valence-electron chi connectivity index (χ1n) is 9.43. The Morgan fingerprint density at radius 3 is 2.47 bits per heavy atom. The van der Waals surface area contributed by atoms with E-state index in [9.17, 15) is 27.6 Å². The molecule has 1 saturated heterocycles. The molecule has 0 aromatic heterocycles. The first-order valence-corrected chi connectivity index (χ1v) is 9.43. The molecule has 156 valence electrons. The number of nitriles is 1. The zero-order valence-electron chi connectivity index (χ0n) is 16.0. The van der Waals surface area contributed by atoms with Crippen LogP contribution in [0.2, 0.25) is 0 Å². The van der Waals surface area contributed by atoms with Gasteiger partial charge in [-0.15, -0.1) is 0 Å². The van der Waals surface area contributed by atoms with Crippen molar-refractivity contribution in [2.24, 2.45) is 0 Å². The lowest BCUT2D eigenvalue weighted by Crippen LogP contribution is -2.30. The predicted octanol–water partition coefficient (Wildman–Crippen LogP) is 5.38. The van der Waals surface area contributed by atoms with Gasteiger partial charge in [0.15, 0.2) is 0 Å². The monoisotopic (exact) mass is 417 g/mol. The largest absolute Gasteiger partial charge is 0.416 e. The number of hydrogen-bond acceptors (Lipinski definition) is 3. The summed E-state index contributed by atoms with van der Waals surface area (Å²) in [6.45, 7) is 1.55. The molecule has 1 fully saturated rings. The van der Waals surface area contributed by atoms with Crippen LogP contribution in [0.3, 0.4) is 0 Å². The lowest BCUT2D eigenvalue weighted by atomic mass is 10.1. The normalized spacial score (nSPS) is 14.9. The molecule has 1 aliphatic heterocycles. The predicted molar refractivity (Wildman–Crippen MR) is 106 cm³/mol. The lowest BCUT2D eigenvalue weighted by Gasteiger charge is -2.29. The molecule has 0 aliphatic carbocycles. The Kier molecular flexibility index (Phi) is 6.40. The fourth-order valence-corrected chi connectivity index (χ4v) is 3.29. The van der Waals surface area contributed by atoms with Crippen molar-refractivity contribution in [3.8, 4) is 6.07 Å². The molecular weight excluding hydrogens is 398 g/mol. The summed E-state index contributed by atoms with van der Waals surface area (Å²) >= 11 is 0. The summed E-state index contributed by atoms with van der Waals surface area (Å²) in [5.74, 6) is -1.33. The van der Waals surface area contributed by atoms with E-state index in [1.165, 1.54) is 18.2 Å². The number of benzene rings is 2. The minimum absolute atomic E-state index is 0.0948. The van der Waals surface area contributed by atoms with Gasteiger partial charge in [-0.3, -0.25) is 4.79 Å². The Labute approximate surface area is 171 Å². The molecule has 2 aromatic rings. The van der Waals surface area contributed by atoms with E-state index in [1.54, 1.807) is 18.2 Å². The van der Waals surface area contributed by atoms with E-state index in [2.05, 4.69) is 5.32 Å². The van der Waals surface area contributed by atoms with Crippen LogP contribution >= 0.6 is 0 Å². The topological polar surface area (TPSA) is 56.1 Å². The molecular formula is C22H19F4N3O. The number of alkyl halides is 3. The maximum Gasteiger partial charge on any atom is 0.416 e. The lowest BCUT2D eigenvalue weighted by molar-refractivity contribution is -0.137. The quantitative estimate of drug-likeness (QED) is 0.413. The van der Waals surface area contributed by atoms with Gasteiger partial charge in [-0.2, -0.15) is 18.4 Å². The molecule has 4 nitrogen and oxygen atoms in total. The Balaban J connectivity index is 1.77. The van der Waals surface area contributed by atoms with Crippen molar-refractivity contribution in [3.63, 3.8) is 0 Å². The van der Waals surface area contributed by atoms with Crippen LogP contribution < -0.4 is 10.2 Å². The van der Waals surface area contributed by atoms with E-state index >= 15 is 0 Å². The van der Waals surface area contributed by atoms with Crippen LogP contribution in [0.5, 0.6) is 0 Å². The second kappa shape index (κ2) is 8.99. The summed E-state index contributed by atoms with van der Waals surface area (Å²) in [4.78, 5) is 14.3. The third kappa shape index (κ3) is 5.17. The molecule has 0 unspecified atom stereocenters. The maximum absolute atomic E-state index is 14.5. The molecule has 1 N–H and O–H groups in total. The molecule has 0 saturated carbocycles. The number of carbonyl (C=O) groups excluding carboxylic acids is 1. The molecule has 1 aliphatic rings. The van der Waals surface area contributed by atoms with Crippen molar-refractivity contribution in [3.05, 3.63) is 65.0 Å². The van der Waals surface area contributed by atoms with Crippen LogP contribution in [-0.2, 0) is 11.0 Å². The van der Waals surface area contributed by atoms with E-state index in [0.717, 1.165) is 50.6 Å². The van der Waals surface area contributed by atoms with Crippen molar-refractivity contribution < 1.29 is 22.4 Å². The SMILES string of the molecule is N#C/C(=C/c1ccc(N2CCCCC2)c(F)c1)C(=O)Nc1cccc(C(F)(F)F)c1. The van der Waals surface area contributed by atoms with Gasteiger partial charge in [0.1, 0.15) is 17.5 Å². The van der Waals surface area contributed by atoms with Crippen LogP contribution in [0.1, 0.15) is 30.4 Å². The molecule has 8 heteroatoms. The molecule has 1 amide bonds. The van der Waals surface area contributed by atoms with Gasteiger partial charge in [-0.05, 0) is 61.2 Å². The maximum atomic E-state index is 14.5. The van der Waals surface area contributed by atoms with Gasteiger partial charge in [0, 0.05) is 18.8 Å². The highest BCUT2D eigenvalue weighted by atomic mass is 19.4. The van der Waals surface area contributed by atoms with E-state index in [4.69, 9.17) is 0 Å². The number of amides is 1. The Morgan fingerprint density at radius 2 is 1.83 bits per heavy atom. The number of anilines is 2. The van der Waals surface area contributed by atoms with Gasteiger partial charge in [0.25, 0.3) is 5.91 Å². The summed E-state index contributed by atoms with van der Waals surface area (Å²) in [7, 11) is 0. The highest BCUT2D eigenvalue weighted by molar-refractivity contribution is 6.09. The van der Waals surface area contributed by atoms with E-state index in [0.29, 0.717) is 11.3 Å². The number of carbonyl (C=O) groups is 1. The number of hydrogen-bond donors (Lipinski definition) is 1. The van der Waals surface area contributed by atoms with Crippen molar-refractivity contribution >= 4 is 23.4 Å². The second-order valence-corrected chi connectivity index (χ2v) is 6.96. The molecule has 2 aromatic carbocycles. The zero-order valence-corrected chi connectivity index (χ0v) is 16.0. The minimum atomic E-state index is -4.55. The Bertz CT molecular complexity index is 1000. The molecule has 0 atom stereocenters. The van der Waals surface area contributed by atoms with Gasteiger partial charge < -0.3 is 10.2 Å². The second-order valence-electron chi connectivity index (χ2n) is 6.96. The smallest absolute Gasteiger partial charge is 0.369 e. The average Bonchev–Trinajstić information content (AvgIpc) is 2.72. The highest BCUT2D eigenvalue weighted by Gasteiger charge is 2.30. The van der Waals surface area contributed by atoms with E-state index in [1.807, 2.05) is 4.90 Å². The van der Waals surface area contributed by atoms with Gasteiger partial charge in [0.2, 0.25) is 0 Å². The van der Waals surface area contributed by atoms with Gasteiger partial charge >= 0.3 is 6.18 Å². The van der Waals surface area contributed by atoms with Gasteiger partial charge in [-0.25, -0.2) is 4.39 Å². The third-order valence-corrected chi connectivity index (χ3v) is 4.79. The van der Waals surface area contributed by atoms with Crippen molar-refractivity contribution in [2.75, 3.05) is 23.3 Å².